The molecule has 0 saturated heterocycles. The van der Waals surface area contributed by atoms with Crippen molar-refractivity contribution >= 4 is 12.2 Å². The van der Waals surface area contributed by atoms with Crippen molar-refractivity contribution in [3.8, 4) is 11.5 Å². The molecule has 0 saturated carbocycles. The van der Waals surface area contributed by atoms with Gasteiger partial charge in [-0.15, -0.1) is 0 Å². The summed E-state index contributed by atoms with van der Waals surface area (Å²) in [6.07, 6.45) is 0.784. The molecule has 0 fully saturated rings. The molecule has 0 unspecified atom stereocenters. The Kier molecular flexibility index (Phi) is 4.32. The molecule has 0 radical (unpaired) electrons. The predicted octanol–water partition coefficient (Wildman–Crippen LogP) is 0.762. The van der Waals surface area contributed by atoms with E-state index in [0.717, 1.165) is 0 Å². The highest BCUT2D eigenvalue weighted by molar-refractivity contribution is 5.80. The number of hydrogen-bond donors (Lipinski definition) is 1. The molecule has 0 bridgehead atoms. The van der Waals surface area contributed by atoms with Crippen LogP contribution in [0.4, 0.5) is 0 Å². The van der Waals surface area contributed by atoms with Crippen LogP contribution >= 0.6 is 0 Å². The largest absolute Gasteiger partial charge is 0.497 e. The van der Waals surface area contributed by atoms with Crippen molar-refractivity contribution in [3.05, 3.63) is 23.8 Å². The van der Waals surface area contributed by atoms with Gasteiger partial charge in [-0.1, -0.05) is 0 Å². The van der Waals surface area contributed by atoms with Crippen LogP contribution in [0.25, 0.3) is 0 Å². The molecular formula is C11H13NO4. The third kappa shape index (κ3) is 3.27. The lowest BCUT2D eigenvalue weighted by Gasteiger charge is -2.08. The number of ether oxygens (including phenoxy) is 2. The highest BCUT2D eigenvalue weighted by Gasteiger charge is 2.05. The SMILES string of the molecule is COc1ccc(OCCC(N)=O)c(C=O)c1. The summed E-state index contributed by atoms with van der Waals surface area (Å²) < 4.78 is 10.2. The summed E-state index contributed by atoms with van der Waals surface area (Å²) in [5.41, 5.74) is 5.34. The zero-order valence-electron chi connectivity index (χ0n) is 8.93. The van der Waals surface area contributed by atoms with Crippen LogP contribution in [0.5, 0.6) is 11.5 Å². The second kappa shape index (κ2) is 5.75. The molecule has 0 aliphatic heterocycles. The fraction of sp³-hybridized carbons (Fsp3) is 0.273. The molecule has 1 rings (SSSR count). The number of hydrogen-bond acceptors (Lipinski definition) is 4. The number of aldehydes is 1. The number of benzene rings is 1. The van der Waals surface area contributed by atoms with Gasteiger partial charge in [-0.25, -0.2) is 0 Å². The zero-order chi connectivity index (χ0) is 12.0. The van der Waals surface area contributed by atoms with Crippen LogP contribution < -0.4 is 15.2 Å². The van der Waals surface area contributed by atoms with E-state index < -0.39 is 5.91 Å². The molecule has 2 N–H and O–H groups in total. The Bertz CT molecular complexity index is 390. The highest BCUT2D eigenvalue weighted by Crippen LogP contribution is 2.22. The highest BCUT2D eigenvalue weighted by atomic mass is 16.5. The first-order chi connectivity index (χ1) is 7.67. The Morgan fingerprint density at radius 2 is 2.25 bits per heavy atom. The van der Waals surface area contributed by atoms with Crippen molar-refractivity contribution in [2.24, 2.45) is 5.73 Å². The molecule has 0 aromatic heterocycles. The van der Waals surface area contributed by atoms with Crippen molar-refractivity contribution in [1.29, 1.82) is 0 Å². The normalized spacial score (nSPS) is 9.56. The lowest BCUT2D eigenvalue weighted by Crippen LogP contribution is -2.14. The van der Waals surface area contributed by atoms with Crippen LogP contribution in [-0.2, 0) is 4.79 Å². The van der Waals surface area contributed by atoms with E-state index in [0.29, 0.717) is 23.3 Å². The molecule has 0 aliphatic rings. The van der Waals surface area contributed by atoms with Gasteiger partial charge in [0, 0.05) is 0 Å². The molecule has 1 amide bonds. The Morgan fingerprint density at radius 3 is 2.81 bits per heavy atom. The second-order valence-corrected chi connectivity index (χ2v) is 3.09. The van der Waals surface area contributed by atoms with Crippen LogP contribution in [0.2, 0.25) is 0 Å². The summed E-state index contributed by atoms with van der Waals surface area (Å²) >= 11 is 0. The fourth-order valence-electron chi connectivity index (χ4n) is 1.14. The lowest BCUT2D eigenvalue weighted by molar-refractivity contribution is -0.118. The van der Waals surface area contributed by atoms with E-state index in [1.54, 1.807) is 18.2 Å². The number of nitrogens with two attached hydrogens (primary N) is 1. The van der Waals surface area contributed by atoms with Crippen LogP contribution in [0.3, 0.4) is 0 Å². The monoisotopic (exact) mass is 223 g/mol. The maximum atomic E-state index is 10.8. The van der Waals surface area contributed by atoms with Gasteiger partial charge in [-0.3, -0.25) is 9.59 Å². The van der Waals surface area contributed by atoms with Crippen molar-refractivity contribution in [3.63, 3.8) is 0 Å². The van der Waals surface area contributed by atoms with Gasteiger partial charge < -0.3 is 15.2 Å². The Balaban J connectivity index is 2.71. The van der Waals surface area contributed by atoms with E-state index in [4.69, 9.17) is 15.2 Å². The second-order valence-electron chi connectivity index (χ2n) is 3.09. The van der Waals surface area contributed by atoms with Crippen molar-refractivity contribution in [1.82, 2.24) is 0 Å². The molecule has 16 heavy (non-hydrogen) atoms. The Morgan fingerprint density at radius 1 is 1.50 bits per heavy atom. The Labute approximate surface area is 93.1 Å². The molecule has 1 aromatic rings. The number of carbonyl (C=O) groups is 2. The number of primary amides is 1. The van der Waals surface area contributed by atoms with Crippen molar-refractivity contribution < 1.29 is 19.1 Å². The summed E-state index contributed by atoms with van der Waals surface area (Å²) in [4.78, 5) is 21.3. The van der Waals surface area contributed by atoms with Gasteiger partial charge >= 0.3 is 0 Å². The average molecular weight is 223 g/mol. The first-order valence-corrected chi connectivity index (χ1v) is 4.71. The van der Waals surface area contributed by atoms with Gasteiger partial charge in [-0.05, 0) is 18.2 Å². The first kappa shape index (κ1) is 12.0. The van der Waals surface area contributed by atoms with Crippen LogP contribution in [0.15, 0.2) is 18.2 Å². The fourth-order valence-corrected chi connectivity index (χ4v) is 1.14. The number of amides is 1. The summed E-state index contributed by atoms with van der Waals surface area (Å²) in [7, 11) is 1.51. The van der Waals surface area contributed by atoms with Gasteiger partial charge in [0.25, 0.3) is 0 Å². The third-order valence-corrected chi connectivity index (χ3v) is 1.95. The standard InChI is InChI=1S/C11H13NO4/c1-15-9-2-3-10(8(6-9)7-13)16-5-4-11(12)14/h2-3,6-7H,4-5H2,1H3,(H2,12,14). The topological polar surface area (TPSA) is 78.6 Å². The summed E-state index contributed by atoms with van der Waals surface area (Å²) in [5, 5.41) is 0. The predicted molar refractivity (Wildman–Crippen MR) is 57.7 cm³/mol. The van der Waals surface area contributed by atoms with E-state index in [1.807, 2.05) is 0 Å². The first-order valence-electron chi connectivity index (χ1n) is 4.71. The average Bonchev–Trinajstić information content (AvgIpc) is 2.29. The minimum Gasteiger partial charge on any atom is -0.497 e. The van der Waals surface area contributed by atoms with E-state index in [9.17, 15) is 9.59 Å². The lowest BCUT2D eigenvalue weighted by atomic mass is 10.2. The van der Waals surface area contributed by atoms with Crippen molar-refractivity contribution in [2.75, 3.05) is 13.7 Å². The van der Waals surface area contributed by atoms with Crippen LogP contribution in [0.1, 0.15) is 16.8 Å². The molecule has 5 heteroatoms. The molecule has 0 spiro atoms. The maximum Gasteiger partial charge on any atom is 0.220 e. The number of rotatable bonds is 6. The quantitative estimate of drug-likeness (QED) is 0.722. The van der Waals surface area contributed by atoms with Gasteiger partial charge in [-0.2, -0.15) is 0 Å². The zero-order valence-corrected chi connectivity index (χ0v) is 8.93. The van der Waals surface area contributed by atoms with Gasteiger partial charge in [0.15, 0.2) is 6.29 Å². The van der Waals surface area contributed by atoms with Gasteiger partial charge in [0.1, 0.15) is 11.5 Å². The summed E-state index contributed by atoms with van der Waals surface area (Å²) in [6.45, 7) is 0.155. The number of methoxy groups -OCH3 is 1. The summed E-state index contributed by atoms with van der Waals surface area (Å²) in [6, 6.07) is 4.85. The molecule has 0 heterocycles. The maximum absolute atomic E-state index is 10.8. The van der Waals surface area contributed by atoms with E-state index in [2.05, 4.69) is 0 Å². The minimum absolute atomic E-state index is 0.115. The van der Waals surface area contributed by atoms with E-state index >= 15 is 0 Å². The van der Waals surface area contributed by atoms with Gasteiger partial charge in [0.05, 0.1) is 25.7 Å². The molecule has 86 valence electrons. The van der Waals surface area contributed by atoms with E-state index in [1.165, 1.54) is 7.11 Å². The molecule has 1 aromatic carbocycles. The summed E-state index contributed by atoms with van der Waals surface area (Å²) in [5.74, 6) is 0.544. The van der Waals surface area contributed by atoms with E-state index in [-0.39, 0.29) is 13.0 Å². The molecule has 0 aliphatic carbocycles. The molecular weight excluding hydrogens is 210 g/mol. The Hall–Kier alpha value is -2.04. The molecule has 0 atom stereocenters. The smallest absolute Gasteiger partial charge is 0.220 e. The molecule has 5 nitrogen and oxygen atoms in total. The van der Waals surface area contributed by atoms with Crippen LogP contribution in [0, 0.1) is 0 Å². The minimum atomic E-state index is -0.443. The van der Waals surface area contributed by atoms with Crippen molar-refractivity contribution in [2.45, 2.75) is 6.42 Å². The number of carbonyl (C=O) groups excluding carboxylic acids is 2. The van der Waals surface area contributed by atoms with Crippen LogP contribution in [-0.4, -0.2) is 25.9 Å². The third-order valence-electron chi connectivity index (χ3n) is 1.95. The van der Waals surface area contributed by atoms with Gasteiger partial charge in [0.2, 0.25) is 5.91 Å².